The molecular formula is C9H12N2O6. The smallest absolute Gasteiger partial charge is 0.330 e. The molecule has 0 radical (unpaired) electrons. The summed E-state index contributed by atoms with van der Waals surface area (Å²) in [5.41, 5.74) is -1.42. The molecule has 8 heteroatoms. The average Bonchev–Trinajstić information content (AvgIpc) is 2.57. The first-order valence-corrected chi connectivity index (χ1v) is 4.99. The van der Waals surface area contributed by atoms with Gasteiger partial charge in [-0.15, -0.1) is 0 Å². The van der Waals surface area contributed by atoms with Crippen LogP contribution in [-0.2, 0) is 4.74 Å². The number of hydrogen-bond donors (Lipinski definition) is 4. The average molecular weight is 244 g/mol. The van der Waals surface area contributed by atoms with E-state index in [1.54, 1.807) is 0 Å². The maximum absolute atomic E-state index is 11.5. The number of H-pyrrole nitrogens is 1. The summed E-state index contributed by atoms with van der Waals surface area (Å²) in [6, 6.07) is 1.09. The van der Waals surface area contributed by atoms with Crippen molar-refractivity contribution >= 4 is 0 Å². The molecule has 2 rings (SSSR count). The van der Waals surface area contributed by atoms with E-state index in [9.17, 15) is 19.8 Å². The lowest BCUT2D eigenvalue weighted by Gasteiger charge is -2.15. The van der Waals surface area contributed by atoms with Gasteiger partial charge >= 0.3 is 5.69 Å². The fraction of sp³-hybridized carbons (Fsp3) is 0.556. The van der Waals surface area contributed by atoms with Crippen LogP contribution in [0.5, 0.6) is 0 Å². The molecule has 0 bridgehead atoms. The first-order valence-electron chi connectivity index (χ1n) is 4.99. The highest BCUT2D eigenvalue weighted by Gasteiger charge is 2.44. The van der Waals surface area contributed by atoms with Gasteiger partial charge in [-0.25, -0.2) is 9.36 Å². The van der Waals surface area contributed by atoms with Crippen LogP contribution in [0.15, 0.2) is 21.9 Å². The Morgan fingerprint density at radius 2 is 2.06 bits per heavy atom. The van der Waals surface area contributed by atoms with E-state index in [2.05, 4.69) is 4.98 Å². The van der Waals surface area contributed by atoms with Crippen LogP contribution in [0.2, 0.25) is 0 Å². The minimum absolute atomic E-state index is 0.520. The van der Waals surface area contributed by atoms with Gasteiger partial charge in [0.15, 0.2) is 6.23 Å². The summed E-state index contributed by atoms with van der Waals surface area (Å²) >= 11 is 0. The number of rotatable bonds is 2. The predicted octanol–water partition coefficient (Wildman–Crippen LogP) is -2.85. The molecule has 1 aromatic heterocycles. The van der Waals surface area contributed by atoms with E-state index in [4.69, 9.17) is 9.84 Å². The summed E-state index contributed by atoms with van der Waals surface area (Å²) in [7, 11) is 0. The Balaban J connectivity index is 2.42. The topological polar surface area (TPSA) is 125 Å². The zero-order chi connectivity index (χ0) is 12.6. The summed E-state index contributed by atoms with van der Waals surface area (Å²) in [4.78, 5) is 25.2. The standard InChI is InChI=1S/C9H12N2O6/c12-3-4-6(14)7(15)8(17-4)11-5(13)1-2-10-9(11)16/h1-2,4,6-8,12,14-15H,3H2,(H,10,16)/t4-,6?,7-,8-/m1/s1. The molecule has 17 heavy (non-hydrogen) atoms. The van der Waals surface area contributed by atoms with E-state index in [0.717, 1.165) is 6.07 Å². The van der Waals surface area contributed by atoms with Crippen LogP contribution in [0.1, 0.15) is 6.23 Å². The highest BCUT2D eigenvalue weighted by atomic mass is 16.6. The Kier molecular flexibility index (Phi) is 3.11. The summed E-state index contributed by atoms with van der Waals surface area (Å²) < 4.78 is 5.73. The van der Waals surface area contributed by atoms with Crippen molar-refractivity contribution < 1.29 is 20.1 Å². The van der Waals surface area contributed by atoms with Gasteiger partial charge in [-0.1, -0.05) is 0 Å². The molecule has 0 aromatic carbocycles. The van der Waals surface area contributed by atoms with E-state index in [0.29, 0.717) is 4.57 Å². The van der Waals surface area contributed by atoms with Crippen LogP contribution < -0.4 is 11.2 Å². The Morgan fingerprint density at radius 3 is 2.59 bits per heavy atom. The third-order valence-corrected chi connectivity index (χ3v) is 2.66. The molecule has 4 N–H and O–H groups in total. The molecule has 8 nitrogen and oxygen atoms in total. The van der Waals surface area contributed by atoms with Crippen LogP contribution in [0.25, 0.3) is 0 Å². The van der Waals surface area contributed by atoms with Crippen molar-refractivity contribution in [3.63, 3.8) is 0 Å². The normalized spacial score (nSPS) is 32.9. The fourth-order valence-electron chi connectivity index (χ4n) is 1.77. The lowest BCUT2D eigenvalue weighted by atomic mass is 10.1. The second-order valence-corrected chi connectivity index (χ2v) is 3.72. The first kappa shape index (κ1) is 12.0. The quantitative estimate of drug-likeness (QED) is 0.444. The maximum Gasteiger partial charge on any atom is 0.330 e. The number of aromatic amines is 1. The van der Waals surface area contributed by atoms with Crippen LogP contribution in [0.4, 0.5) is 0 Å². The van der Waals surface area contributed by atoms with E-state index < -0.39 is 42.4 Å². The first-order chi connectivity index (χ1) is 8.06. The largest absolute Gasteiger partial charge is 0.394 e. The fourth-order valence-corrected chi connectivity index (χ4v) is 1.77. The van der Waals surface area contributed by atoms with Crippen molar-refractivity contribution in [1.29, 1.82) is 0 Å². The maximum atomic E-state index is 11.5. The second kappa shape index (κ2) is 4.41. The van der Waals surface area contributed by atoms with Gasteiger partial charge in [0, 0.05) is 12.3 Å². The van der Waals surface area contributed by atoms with Gasteiger partial charge in [-0.2, -0.15) is 0 Å². The molecular weight excluding hydrogens is 232 g/mol. The van der Waals surface area contributed by atoms with Crippen LogP contribution in [0, 0.1) is 0 Å². The summed E-state index contributed by atoms with van der Waals surface area (Å²) in [5.74, 6) is 0. The van der Waals surface area contributed by atoms with Crippen LogP contribution in [0.3, 0.4) is 0 Å². The van der Waals surface area contributed by atoms with Gasteiger partial charge in [0.25, 0.3) is 5.56 Å². The molecule has 1 unspecified atom stereocenters. The molecule has 1 aromatic rings. The number of ether oxygens (including phenoxy) is 1. The minimum Gasteiger partial charge on any atom is -0.394 e. The monoisotopic (exact) mass is 244 g/mol. The molecule has 0 spiro atoms. The van der Waals surface area contributed by atoms with Gasteiger partial charge in [-0.05, 0) is 0 Å². The lowest BCUT2D eigenvalue weighted by molar-refractivity contribution is -0.0564. The third-order valence-electron chi connectivity index (χ3n) is 2.66. The van der Waals surface area contributed by atoms with Crippen molar-refractivity contribution in [2.45, 2.75) is 24.5 Å². The zero-order valence-electron chi connectivity index (χ0n) is 8.68. The molecule has 0 aliphatic carbocycles. The number of aromatic nitrogens is 2. The predicted molar refractivity (Wildman–Crippen MR) is 54.3 cm³/mol. The Bertz CT molecular complexity index is 480. The third kappa shape index (κ3) is 1.91. The molecule has 4 atom stereocenters. The zero-order valence-corrected chi connectivity index (χ0v) is 8.68. The molecule has 0 amide bonds. The van der Waals surface area contributed by atoms with E-state index in [-0.39, 0.29) is 0 Å². The number of aliphatic hydroxyl groups excluding tert-OH is 3. The van der Waals surface area contributed by atoms with Crippen molar-refractivity contribution in [3.8, 4) is 0 Å². The highest BCUT2D eigenvalue weighted by Crippen LogP contribution is 2.26. The Labute approximate surface area is 94.7 Å². The number of nitrogens with zero attached hydrogens (tertiary/aromatic N) is 1. The molecule has 94 valence electrons. The molecule has 1 aliphatic heterocycles. The van der Waals surface area contributed by atoms with Crippen LogP contribution >= 0.6 is 0 Å². The van der Waals surface area contributed by atoms with Gasteiger partial charge in [-0.3, -0.25) is 4.79 Å². The molecule has 1 fully saturated rings. The van der Waals surface area contributed by atoms with Gasteiger partial charge in [0.1, 0.15) is 18.3 Å². The second-order valence-electron chi connectivity index (χ2n) is 3.72. The van der Waals surface area contributed by atoms with Gasteiger partial charge < -0.3 is 25.0 Å². The number of aliphatic hydroxyl groups is 3. The Morgan fingerprint density at radius 1 is 1.35 bits per heavy atom. The Hall–Kier alpha value is -1.48. The lowest BCUT2D eigenvalue weighted by Crippen LogP contribution is -2.42. The van der Waals surface area contributed by atoms with E-state index in [1.165, 1.54) is 6.20 Å². The molecule has 1 aliphatic rings. The minimum atomic E-state index is -1.45. The highest BCUT2D eigenvalue weighted by molar-refractivity contribution is 4.93. The van der Waals surface area contributed by atoms with Gasteiger partial charge in [0.2, 0.25) is 0 Å². The van der Waals surface area contributed by atoms with Crippen molar-refractivity contribution in [1.82, 2.24) is 9.55 Å². The molecule has 0 saturated carbocycles. The van der Waals surface area contributed by atoms with E-state index in [1.807, 2.05) is 0 Å². The summed E-state index contributed by atoms with van der Waals surface area (Å²) in [5, 5.41) is 28.1. The van der Waals surface area contributed by atoms with Gasteiger partial charge in [0.05, 0.1) is 6.61 Å². The van der Waals surface area contributed by atoms with Crippen LogP contribution in [-0.4, -0.2) is 49.8 Å². The molecule has 2 heterocycles. The van der Waals surface area contributed by atoms with Crippen molar-refractivity contribution in [2.75, 3.05) is 6.61 Å². The summed E-state index contributed by atoms with van der Waals surface area (Å²) in [6.07, 6.45) is -3.96. The van der Waals surface area contributed by atoms with Crippen molar-refractivity contribution in [2.24, 2.45) is 0 Å². The van der Waals surface area contributed by atoms with Crippen molar-refractivity contribution in [3.05, 3.63) is 33.1 Å². The SMILES string of the molecule is O=c1cc[nH]c(=O)n1[C@@H]1O[C@H](CO)C(O)[C@H]1O. The van der Waals surface area contributed by atoms with E-state index >= 15 is 0 Å². The summed E-state index contributed by atoms with van der Waals surface area (Å²) in [6.45, 7) is -0.520. The number of hydrogen-bond acceptors (Lipinski definition) is 6. The number of nitrogens with one attached hydrogen (secondary N) is 1. The molecule has 1 saturated heterocycles.